The van der Waals surface area contributed by atoms with Crippen LogP contribution in [-0.2, 0) is 21.5 Å². The highest BCUT2D eigenvalue weighted by molar-refractivity contribution is 6.04. The van der Waals surface area contributed by atoms with Crippen molar-refractivity contribution in [2.75, 3.05) is 20.8 Å². The van der Waals surface area contributed by atoms with Crippen LogP contribution in [0.2, 0.25) is 0 Å². The zero-order chi connectivity index (χ0) is 27.1. The number of carboxylic acids is 1. The van der Waals surface area contributed by atoms with E-state index in [4.69, 9.17) is 9.47 Å². The molecule has 0 aliphatic carbocycles. The number of carbonyl (C=O) groups is 1. The maximum Gasteiger partial charge on any atom is 0.336 e. The molecule has 0 radical (unpaired) electrons. The van der Waals surface area contributed by atoms with Crippen LogP contribution < -0.4 is 0 Å². The van der Waals surface area contributed by atoms with Crippen LogP contribution in [0.4, 0.5) is 13.2 Å². The molecule has 0 spiro atoms. The molecular formula is C28H26F3NO5. The molecule has 0 aliphatic heterocycles. The molecule has 0 amide bonds. The topological polar surface area (TPSA) is 80.9 Å². The third kappa shape index (κ3) is 4.68. The number of hydrogen-bond donors (Lipinski definition) is 2. The van der Waals surface area contributed by atoms with Crippen molar-refractivity contribution in [1.82, 2.24) is 4.57 Å². The standard InChI is InChI=1S/C28H26F3NO5/c1-28(2,14-37-4)26-24(15-5-7-19(27(34)35)16(9-15)13-36-3)25-22(10-17(29)11-23(25)33)32(26)18-6-8-20(30)21(31)12-18/h5-12,33H,13-14H2,1-4H3,(H,34,35). The molecule has 0 atom stereocenters. The van der Waals surface area contributed by atoms with Gasteiger partial charge in [-0.05, 0) is 41.5 Å². The van der Waals surface area contributed by atoms with Crippen molar-refractivity contribution < 1.29 is 37.7 Å². The highest BCUT2D eigenvalue weighted by Gasteiger charge is 2.34. The van der Waals surface area contributed by atoms with Gasteiger partial charge in [0.05, 0.1) is 29.7 Å². The Morgan fingerprint density at radius 3 is 2.32 bits per heavy atom. The lowest BCUT2D eigenvalue weighted by molar-refractivity contribution is 0.0692. The normalized spacial score (nSPS) is 11.9. The van der Waals surface area contributed by atoms with Crippen molar-refractivity contribution >= 4 is 16.9 Å². The number of aromatic hydroxyl groups is 1. The lowest BCUT2D eigenvalue weighted by atomic mass is 9.84. The van der Waals surface area contributed by atoms with Gasteiger partial charge in [0, 0.05) is 48.7 Å². The fraction of sp³-hybridized carbons (Fsp3) is 0.250. The first-order chi connectivity index (χ1) is 17.5. The highest BCUT2D eigenvalue weighted by atomic mass is 19.2. The van der Waals surface area contributed by atoms with Gasteiger partial charge in [-0.3, -0.25) is 0 Å². The number of halogens is 3. The second-order valence-corrected chi connectivity index (χ2v) is 9.40. The first kappa shape index (κ1) is 26.2. The van der Waals surface area contributed by atoms with Gasteiger partial charge in [0.15, 0.2) is 11.6 Å². The molecular weight excluding hydrogens is 487 g/mol. The van der Waals surface area contributed by atoms with E-state index in [0.717, 1.165) is 18.2 Å². The minimum absolute atomic E-state index is 0.00863. The van der Waals surface area contributed by atoms with Gasteiger partial charge < -0.3 is 24.3 Å². The van der Waals surface area contributed by atoms with Crippen LogP contribution in [0.25, 0.3) is 27.7 Å². The average Bonchev–Trinajstić information content (AvgIpc) is 3.17. The van der Waals surface area contributed by atoms with Crippen LogP contribution in [0, 0.1) is 17.5 Å². The second kappa shape index (κ2) is 9.91. The summed E-state index contributed by atoms with van der Waals surface area (Å²) in [4.78, 5) is 11.8. The molecule has 0 fully saturated rings. The molecule has 6 nitrogen and oxygen atoms in total. The summed E-state index contributed by atoms with van der Waals surface area (Å²) in [7, 11) is 2.95. The van der Waals surface area contributed by atoms with Gasteiger partial charge in [-0.1, -0.05) is 19.9 Å². The summed E-state index contributed by atoms with van der Waals surface area (Å²) in [5.74, 6) is -4.36. The van der Waals surface area contributed by atoms with E-state index in [9.17, 15) is 28.2 Å². The number of ether oxygens (including phenoxy) is 2. The average molecular weight is 514 g/mol. The van der Waals surface area contributed by atoms with Crippen molar-refractivity contribution in [2.45, 2.75) is 25.9 Å². The number of phenols is 1. The summed E-state index contributed by atoms with van der Waals surface area (Å²) in [6, 6.07) is 10.1. The number of aromatic nitrogens is 1. The Hall–Kier alpha value is -3.82. The van der Waals surface area contributed by atoms with E-state index in [-0.39, 0.29) is 41.1 Å². The Morgan fingerprint density at radius 2 is 1.70 bits per heavy atom. The summed E-state index contributed by atoms with van der Waals surface area (Å²) < 4.78 is 55.1. The van der Waals surface area contributed by atoms with Gasteiger partial charge in [0.2, 0.25) is 0 Å². The van der Waals surface area contributed by atoms with Crippen LogP contribution in [0.15, 0.2) is 48.5 Å². The summed E-state index contributed by atoms with van der Waals surface area (Å²) in [5.41, 5.74) is 1.55. The van der Waals surface area contributed by atoms with Crippen LogP contribution in [0.3, 0.4) is 0 Å². The number of carboxylic acid groups (broad SMARTS) is 1. The molecule has 0 saturated carbocycles. The predicted molar refractivity (Wildman–Crippen MR) is 133 cm³/mol. The molecule has 0 unspecified atom stereocenters. The molecule has 4 aromatic rings. The van der Waals surface area contributed by atoms with Gasteiger partial charge in [-0.2, -0.15) is 0 Å². The Bertz CT molecular complexity index is 1510. The van der Waals surface area contributed by atoms with Gasteiger partial charge >= 0.3 is 5.97 Å². The predicted octanol–water partition coefficient (Wildman–Crippen LogP) is 6.19. The Kier molecular flexibility index (Phi) is 7.03. The van der Waals surface area contributed by atoms with Crippen molar-refractivity contribution in [3.05, 3.63) is 82.8 Å². The number of rotatable bonds is 8. The number of hydrogen-bond acceptors (Lipinski definition) is 4. The number of benzene rings is 3. The summed E-state index contributed by atoms with van der Waals surface area (Å²) in [5, 5.41) is 20.8. The minimum atomic E-state index is -1.13. The molecule has 1 heterocycles. The van der Waals surface area contributed by atoms with Crippen molar-refractivity contribution in [3.8, 4) is 22.6 Å². The number of aromatic carboxylic acids is 1. The molecule has 0 bridgehead atoms. The van der Waals surface area contributed by atoms with Gasteiger partial charge in [-0.25, -0.2) is 18.0 Å². The first-order valence-corrected chi connectivity index (χ1v) is 11.4. The molecule has 2 N–H and O–H groups in total. The molecule has 3 aromatic carbocycles. The second-order valence-electron chi connectivity index (χ2n) is 9.40. The van der Waals surface area contributed by atoms with E-state index in [1.165, 1.54) is 32.4 Å². The third-order valence-corrected chi connectivity index (χ3v) is 6.24. The van der Waals surface area contributed by atoms with Gasteiger partial charge in [0.1, 0.15) is 11.6 Å². The lowest BCUT2D eigenvalue weighted by Crippen LogP contribution is -2.27. The zero-order valence-electron chi connectivity index (χ0n) is 20.7. The van der Waals surface area contributed by atoms with E-state index in [1.807, 2.05) is 13.8 Å². The molecule has 0 saturated heterocycles. The number of phenolic OH excluding ortho intramolecular Hbond substituents is 1. The van der Waals surface area contributed by atoms with Crippen LogP contribution in [0.5, 0.6) is 5.75 Å². The van der Waals surface area contributed by atoms with Gasteiger partial charge in [0.25, 0.3) is 0 Å². The lowest BCUT2D eigenvalue weighted by Gasteiger charge is -2.28. The Morgan fingerprint density at radius 1 is 0.973 bits per heavy atom. The largest absolute Gasteiger partial charge is 0.507 e. The van der Waals surface area contributed by atoms with E-state index in [0.29, 0.717) is 22.4 Å². The maximum atomic E-state index is 14.6. The van der Waals surface area contributed by atoms with E-state index in [1.54, 1.807) is 16.7 Å². The molecule has 37 heavy (non-hydrogen) atoms. The summed E-state index contributed by atoms with van der Waals surface area (Å²) in [6.07, 6.45) is 0. The molecule has 4 rings (SSSR count). The zero-order valence-corrected chi connectivity index (χ0v) is 20.7. The minimum Gasteiger partial charge on any atom is -0.507 e. The first-order valence-electron chi connectivity index (χ1n) is 11.4. The smallest absolute Gasteiger partial charge is 0.336 e. The fourth-order valence-corrected chi connectivity index (χ4v) is 4.84. The monoisotopic (exact) mass is 513 g/mol. The molecule has 9 heteroatoms. The fourth-order valence-electron chi connectivity index (χ4n) is 4.84. The van der Waals surface area contributed by atoms with Crippen molar-refractivity contribution in [3.63, 3.8) is 0 Å². The molecule has 1 aromatic heterocycles. The molecule has 0 aliphatic rings. The van der Waals surface area contributed by atoms with Crippen molar-refractivity contribution in [2.24, 2.45) is 0 Å². The van der Waals surface area contributed by atoms with E-state index < -0.39 is 28.8 Å². The Labute approximate surface area is 211 Å². The van der Waals surface area contributed by atoms with E-state index >= 15 is 0 Å². The SMILES string of the molecule is COCc1cc(-c2c(C(C)(C)COC)n(-c3ccc(F)c(F)c3)c3cc(F)cc(O)c23)ccc1C(=O)O. The molecule has 194 valence electrons. The summed E-state index contributed by atoms with van der Waals surface area (Å²) >= 11 is 0. The number of nitrogens with zero attached hydrogens (tertiary/aromatic N) is 1. The quantitative estimate of drug-likeness (QED) is 0.294. The van der Waals surface area contributed by atoms with Gasteiger partial charge in [-0.15, -0.1) is 0 Å². The highest BCUT2D eigenvalue weighted by Crippen LogP contribution is 2.46. The maximum absolute atomic E-state index is 14.6. The third-order valence-electron chi connectivity index (χ3n) is 6.24. The Balaban J connectivity index is 2.21. The van der Waals surface area contributed by atoms with Crippen LogP contribution in [-0.4, -0.2) is 41.6 Å². The van der Waals surface area contributed by atoms with Crippen molar-refractivity contribution in [1.29, 1.82) is 0 Å². The number of fused-ring (bicyclic) bond motifs is 1. The van der Waals surface area contributed by atoms with E-state index in [2.05, 4.69) is 0 Å². The summed E-state index contributed by atoms with van der Waals surface area (Å²) in [6.45, 7) is 3.91. The van der Waals surface area contributed by atoms with Crippen LogP contribution >= 0.6 is 0 Å². The van der Waals surface area contributed by atoms with Crippen LogP contribution in [0.1, 0.15) is 35.5 Å². The number of methoxy groups -OCH3 is 2.